The molecular weight excluding hydrogens is 245 g/mol. The molecule has 0 saturated heterocycles. The van der Waals surface area contributed by atoms with E-state index in [-0.39, 0.29) is 0 Å². The Morgan fingerprint density at radius 2 is 1.84 bits per heavy atom. The summed E-state index contributed by atoms with van der Waals surface area (Å²) in [5, 5.41) is 20.2. The van der Waals surface area contributed by atoms with E-state index in [1.165, 1.54) is 7.11 Å². The smallest absolute Gasteiger partial charge is 0.481 e. The molecule has 0 aliphatic rings. The Bertz CT molecular complexity index is 443. The van der Waals surface area contributed by atoms with E-state index in [2.05, 4.69) is 4.98 Å². The van der Waals surface area contributed by atoms with Crippen LogP contribution in [0.2, 0.25) is 0 Å². The fourth-order valence-corrected chi connectivity index (χ4v) is 1.41. The van der Waals surface area contributed by atoms with E-state index >= 15 is 0 Å². The van der Waals surface area contributed by atoms with E-state index < -0.39 is 18.3 Å². The highest BCUT2D eigenvalue weighted by atomic mass is 16.6. The standard InChI is InChI=1S/C13H22BNO4/c1-9-7-10(11(18-6)15-8-9)14(17)19-13(4,5)12(2,3)16/h7-8,16-17H,1-6H3. The molecular formula is C13H22BNO4. The Labute approximate surface area is 114 Å². The van der Waals surface area contributed by atoms with Gasteiger partial charge in [0.1, 0.15) is 0 Å². The molecule has 0 radical (unpaired) electrons. The van der Waals surface area contributed by atoms with Crippen LogP contribution in [-0.4, -0.2) is 40.5 Å². The van der Waals surface area contributed by atoms with E-state index in [9.17, 15) is 10.1 Å². The van der Waals surface area contributed by atoms with Crippen LogP contribution in [0.25, 0.3) is 0 Å². The van der Waals surface area contributed by atoms with Crippen molar-refractivity contribution in [2.45, 2.75) is 45.8 Å². The molecule has 5 nitrogen and oxygen atoms in total. The monoisotopic (exact) mass is 267 g/mol. The lowest BCUT2D eigenvalue weighted by molar-refractivity contribution is -0.0983. The summed E-state index contributed by atoms with van der Waals surface area (Å²) >= 11 is 0. The third kappa shape index (κ3) is 3.68. The van der Waals surface area contributed by atoms with Gasteiger partial charge >= 0.3 is 7.12 Å². The summed E-state index contributed by atoms with van der Waals surface area (Å²) in [6.45, 7) is 8.55. The van der Waals surface area contributed by atoms with Gasteiger partial charge in [0, 0.05) is 11.7 Å². The van der Waals surface area contributed by atoms with E-state index in [1.54, 1.807) is 40.0 Å². The van der Waals surface area contributed by atoms with Crippen LogP contribution in [0.5, 0.6) is 5.88 Å². The summed E-state index contributed by atoms with van der Waals surface area (Å²) in [5.41, 5.74) is -0.695. The Hall–Kier alpha value is -1.11. The van der Waals surface area contributed by atoms with Gasteiger partial charge in [-0.3, -0.25) is 0 Å². The molecule has 106 valence electrons. The molecule has 6 heteroatoms. The van der Waals surface area contributed by atoms with Crippen molar-refractivity contribution >= 4 is 12.6 Å². The fraction of sp³-hybridized carbons (Fsp3) is 0.615. The second kappa shape index (κ2) is 5.49. The Morgan fingerprint density at radius 1 is 1.26 bits per heavy atom. The predicted octanol–water partition coefficient (Wildman–Crippen LogP) is 0.652. The minimum atomic E-state index is -1.22. The lowest BCUT2D eigenvalue weighted by atomic mass is 9.76. The maximum atomic E-state index is 10.2. The molecule has 0 atom stereocenters. The highest BCUT2D eigenvalue weighted by molar-refractivity contribution is 6.61. The first-order valence-electron chi connectivity index (χ1n) is 6.17. The van der Waals surface area contributed by atoms with Crippen LogP contribution in [0.15, 0.2) is 12.3 Å². The fourth-order valence-electron chi connectivity index (χ4n) is 1.41. The molecule has 0 bridgehead atoms. The van der Waals surface area contributed by atoms with Gasteiger partial charge in [-0.15, -0.1) is 0 Å². The molecule has 0 aromatic carbocycles. The summed E-state index contributed by atoms with van der Waals surface area (Å²) < 4.78 is 10.7. The highest BCUT2D eigenvalue weighted by Gasteiger charge is 2.40. The number of hydrogen-bond acceptors (Lipinski definition) is 5. The molecule has 0 unspecified atom stereocenters. The molecule has 19 heavy (non-hydrogen) atoms. The number of hydrogen-bond donors (Lipinski definition) is 2. The van der Waals surface area contributed by atoms with Crippen LogP contribution < -0.4 is 10.2 Å². The normalized spacial score (nSPS) is 12.4. The third-order valence-corrected chi connectivity index (χ3v) is 3.35. The average Bonchev–Trinajstić information content (AvgIpc) is 2.26. The molecule has 1 aromatic heterocycles. The van der Waals surface area contributed by atoms with Gasteiger partial charge in [0.15, 0.2) is 0 Å². The molecule has 0 aliphatic carbocycles. The maximum absolute atomic E-state index is 10.2. The quantitative estimate of drug-likeness (QED) is 0.766. The summed E-state index contributed by atoms with van der Waals surface area (Å²) in [6, 6.07) is 1.75. The van der Waals surface area contributed by atoms with Crippen molar-refractivity contribution in [2.24, 2.45) is 0 Å². The van der Waals surface area contributed by atoms with Crippen LogP contribution in [0, 0.1) is 6.92 Å². The first-order valence-corrected chi connectivity index (χ1v) is 6.17. The second-order valence-corrected chi connectivity index (χ2v) is 5.65. The van der Waals surface area contributed by atoms with Gasteiger partial charge in [-0.2, -0.15) is 0 Å². The van der Waals surface area contributed by atoms with Crippen LogP contribution in [0.1, 0.15) is 33.3 Å². The minimum Gasteiger partial charge on any atom is -0.481 e. The maximum Gasteiger partial charge on any atom is 0.497 e. The van der Waals surface area contributed by atoms with Crippen molar-refractivity contribution in [3.63, 3.8) is 0 Å². The highest BCUT2D eigenvalue weighted by Crippen LogP contribution is 2.25. The SMILES string of the molecule is COc1ncc(C)cc1B(O)OC(C)(C)C(C)(C)O. The van der Waals surface area contributed by atoms with E-state index in [0.29, 0.717) is 11.3 Å². The number of aromatic nitrogens is 1. The van der Waals surface area contributed by atoms with Crippen LogP contribution in [-0.2, 0) is 4.65 Å². The molecule has 0 saturated carbocycles. The largest absolute Gasteiger partial charge is 0.497 e. The first kappa shape index (κ1) is 16.0. The van der Waals surface area contributed by atoms with Crippen molar-refractivity contribution < 1.29 is 19.5 Å². The van der Waals surface area contributed by atoms with Crippen LogP contribution in [0.4, 0.5) is 0 Å². The number of ether oxygens (including phenoxy) is 1. The minimum absolute atomic E-state index is 0.310. The van der Waals surface area contributed by atoms with Crippen molar-refractivity contribution in [3.8, 4) is 5.88 Å². The van der Waals surface area contributed by atoms with Gasteiger partial charge in [0.25, 0.3) is 0 Å². The molecule has 2 N–H and O–H groups in total. The third-order valence-electron chi connectivity index (χ3n) is 3.35. The van der Waals surface area contributed by atoms with Gasteiger partial charge in [-0.1, -0.05) is 6.07 Å². The second-order valence-electron chi connectivity index (χ2n) is 5.65. The number of aliphatic hydroxyl groups is 1. The van der Waals surface area contributed by atoms with Crippen molar-refractivity contribution in [3.05, 3.63) is 17.8 Å². The Balaban J connectivity index is 3.01. The molecule has 0 aliphatic heterocycles. The molecule has 1 aromatic rings. The van der Waals surface area contributed by atoms with Crippen molar-refractivity contribution in [1.29, 1.82) is 0 Å². The molecule has 0 amide bonds. The van der Waals surface area contributed by atoms with E-state index in [0.717, 1.165) is 5.56 Å². The van der Waals surface area contributed by atoms with Crippen LogP contribution in [0.3, 0.4) is 0 Å². The zero-order valence-corrected chi connectivity index (χ0v) is 12.4. The van der Waals surface area contributed by atoms with Crippen LogP contribution >= 0.6 is 0 Å². The van der Waals surface area contributed by atoms with Crippen molar-refractivity contribution in [1.82, 2.24) is 4.98 Å². The number of nitrogens with zero attached hydrogens (tertiary/aromatic N) is 1. The predicted molar refractivity (Wildman–Crippen MR) is 74.6 cm³/mol. The Morgan fingerprint density at radius 3 is 2.32 bits per heavy atom. The number of aryl methyl sites for hydroxylation is 1. The summed E-state index contributed by atoms with van der Waals surface area (Å²) in [4.78, 5) is 4.09. The van der Waals surface area contributed by atoms with Gasteiger partial charge < -0.3 is 19.5 Å². The molecule has 0 fully saturated rings. The lowest BCUT2D eigenvalue weighted by Crippen LogP contribution is -2.53. The number of pyridine rings is 1. The van der Waals surface area contributed by atoms with E-state index in [4.69, 9.17) is 9.39 Å². The van der Waals surface area contributed by atoms with Gasteiger partial charge in [0.05, 0.1) is 18.3 Å². The topological polar surface area (TPSA) is 71.8 Å². The zero-order valence-electron chi connectivity index (χ0n) is 12.4. The van der Waals surface area contributed by atoms with Gasteiger partial charge in [0.2, 0.25) is 5.88 Å². The molecule has 1 rings (SSSR count). The average molecular weight is 267 g/mol. The molecule has 0 spiro atoms. The van der Waals surface area contributed by atoms with Crippen molar-refractivity contribution in [2.75, 3.05) is 7.11 Å². The lowest BCUT2D eigenvalue weighted by Gasteiger charge is -2.38. The van der Waals surface area contributed by atoms with E-state index in [1.807, 2.05) is 6.92 Å². The number of methoxy groups -OCH3 is 1. The summed E-state index contributed by atoms with van der Waals surface area (Å²) in [6.07, 6.45) is 1.65. The zero-order chi connectivity index (χ0) is 14.8. The summed E-state index contributed by atoms with van der Waals surface area (Å²) in [7, 11) is 0.262. The Kier molecular flexibility index (Phi) is 4.61. The van der Waals surface area contributed by atoms with Gasteiger partial charge in [-0.25, -0.2) is 4.98 Å². The van der Waals surface area contributed by atoms with Gasteiger partial charge in [-0.05, 0) is 40.2 Å². The number of rotatable bonds is 5. The first-order chi connectivity index (χ1) is 8.58. The molecule has 1 heterocycles. The summed E-state index contributed by atoms with van der Waals surface area (Å²) in [5.74, 6) is 0.310.